The number of amides is 2. The fourth-order valence-corrected chi connectivity index (χ4v) is 2.57. The second-order valence-electron chi connectivity index (χ2n) is 5.94. The van der Waals surface area contributed by atoms with Crippen LogP contribution in [0.25, 0.3) is 0 Å². The van der Waals surface area contributed by atoms with Gasteiger partial charge in [0.1, 0.15) is 12.2 Å². The number of para-hydroxylation sites is 2. The number of nitrogens with zero attached hydrogens (tertiary/aromatic N) is 1. The van der Waals surface area contributed by atoms with E-state index in [0.29, 0.717) is 24.5 Å². The van der Waals surface area contributed by atoms with Crippen molar-refractivity contribution in [2.45, 2.75) is 39.7 Å². The van der Waals surface area contributed by atoms with Crippen molar-refractivity contribution >= 4 is 17.5 Å². The van der Waals surface area contributed by atoms with E-state index < -0.39 is 0 Å². The first-order chi connectivity index (χ1) is 12.5. The molecule has 2 amide bonds. The predicted molar refractivity (Wildman–Crippen MR) is 101 cm³/mol. The monoisotopic (exact) mass is 355 g/mol. The molecule has 1 aromatic heterocycles. The molecule has 0 radical (unpaired) electrons. The van der Waals surface area contributed by atoms with Crippen LogP contribution in [0.4, 0.5) is 5.69 Å². The molecule has 0 saturated heterocycles. The fourth-order valence-electron chi connectivity index (χ4n) is 2.57. The van der Waals surface area contributed by atoms with Crippen molar-refractivity contribution in [3.8, 4) is 5.75 Å². The smallest absolute Gasteiger partial charge is 0.233 e. The summed E-state index contributed by atoms with van der Waals surface area (Å²) in [5, 5.41) is 5.60. The van der Waals surface area contributed by atoms with E-state index in [1.54, 1.807) is 24.4 Å². The van der Waals surface area contributed by atoms with Gasteiger partial charge in [-0.2, -0.15) is 0 Å². The maximum Gasteiger partial charge on any atom is 0.233 e. The van der Waals surface area contributed by atoms with Crippen LogP contribution in [0.3, 0.4) is 0 Å². The molecule has 1 atom stereocenters. The molecule has 6 heteroatoms. The Labute approximate surface area is 154 Å². The number of hydrogen-bond acceptors (Lipinski definition) is 4. The number of aryl methyl sites for hydroxylation is 1. The fraction of sp³-hybridized carbons (Fsp3) is 0.350. The van der Waals surface area contributed by atoms with Crippen LogP contribution >= 0.6 is 0 Å². The number of benzene rings is 1. The normalized spacial score (nSPS) is 11.5. The van der Waals surface area contributed by atoms with Crippen LogP contribution in [-0.4, -0.2) is 23.4 Å². The van der Waals surface area contributed by atoms with Gasteiger partial charge in [-0.1, -0.05) is 19.1 Å². The number of pyridine rings is 1. The van der Waals surface area contributed by atoms with Crippen LogP contribution < -0.4 is 15.4 Å². The standard InChI is InChI=1S/C20H25N3O3/c1-4-15(17-12-14(3)10-11-21-17)22-19(24)13-20(25)23-16-8-6-7-9-18(16)26-5-2/h6-12,15H,4-5,13H2,1-3H3,(H,22,24)(H,23,25)/t15-/m1/s1. The molecule has 2 rings (SSSR count). The Balaban J connectivity index is 1.95. The number of carbonyl (C=O) groups is 2. The lowest BCUT2D eigenvalue weighted by molar-refractivity contribution is -0.127. The van der Waals surface area contributed by atoms with Gasteiger partial charge in [0.2, 0.25) is 11.8 Å². The lowest BCUT2D eigenvalue weighted by Gasteiger charge is -2.17. The van der Waals surface area contributed by atoms with Crippen LogP contribution in [-0.2, 0) is 9.59 Å². The van der Waals surface area contributed by atoms with Gasteiger partial charge < -0.3 is 15.4 Å². The summed E-state index contributed by atoms with van der Waals surface area (Å²) in [5.74, 6) is -0.146. The summed E-state index contributed by atoms with van der Waals surface area (Å²) in [5.41, 5.74) is 2.43. The number of aromatic nitrogens is 1. The quantitative estimate of drug-likeness (QED) is 0.711. The Morgan fingerprint density at radius 3 is 2.62 bits per heavy atom. The topological polar surface area (TPSA) is 80.3 Å². The average molecular weight is 355 g/mol. The van der Waals surface area contributed by atoms with Crippen molar-refractivity contribution in [1.29, 1.82) is 0 Å². The van der Waals surface area contributed by atoms with Gasteiger partial charge in [0, 0.05) is 6.20 Å². The Morgan fingerprint density at radius 1 is 1.15 bits per heavy atom. The predicted octanol–water partition coefficient (Wildman–Crippen LogP) is 3.38. The summed E-state index contributed by atoms with van der Waals surface area (Å²) in [6.07, 6.45) is 2.15. The highest BCUT2D eigenvalue weighted by molar-refractivity contribution is 6.04. The molecule has 2 N–H and O–H groups in total. The molecule has 6 nitrogen and oxygen atoms in total. The van der Waals surface area contributed by atoms with Gasteiger partial charge in [-0.25, -0.2) is 0 Å². The molecule has 0 bridgehead atoms. The molecular weight excluding hydrogens is 330 g/mol. The van der Waals surface area contributed by atoms with Gasteiger partial charge in [-0.15, -0.1) is 0 Å². The lowest BCUT2D eigenvalue weighted by atomic mass is 10.1. The van der Waals surface area contributed by atoms with Crippen molar-refractivity contribution in [1.82, 2.24) is 10.3 Å². The minimum absolute atomic E-state index is 0.217. The Bertz CT molecular complexity index is 761. The molecule has 0 spiro atoms. The summed E-state index contributed by atoms with van der Waals surface area (Å²) >= 11 is 0. The molecular formula is C20H25N3O3. The van der Waals surface area contributed by atoms with Crippen molar-refractivity contribution in [3.05, 3.63) is 53.9 Å². The van der Waals surface area contributed by atoms with Gasteiger partial charge >= 0.3 is 0 Å². The van der Waals surface area contributed by atoms with Gasteiger partial charge in [0.15, 0.2) is 0 Å². The molecule has 2 aromatic rings. The molecule has 0 fully saturated rings. The second kappa shape index (κ2) is 9.56. The zero-order valence-corrected chi connectivity index (χ0v) is 15.4. The van der Waals surface area contributed by atoms with Crippen LogP contribution in [0.15, 0.2) is 42.6 Å². The third kappa shape index (κ3) is 5.58. The first kappa shape index (κ1) is 19.4. The number of ether oxygens (including phenoxy) is 1. The van der Waals surface area contributed by atoms with Gasteiger partial charge in [0.05, 0.1) is 24.0 Å². The molecule has 26 heavy (non-hydrogen) atoms. The van der Waals surface area contributed by atoms with E-state index in [2.05, 4.69) is 15.6 Å². The van der Waals surface area contributed by atoms with Crippen molar-refractivity contribution in [2.75, 3.05) is 11.9 Å². The van der Waals surface area contributed by atoms with E-state index in [0.717, 1.165) is 11.3 Å². The van der Waals surface area contributed by atoms with E-state index >= 15 is 0 Å². The Morgan fingerprint density at radius 2 is 1.92 bits per heavy atom. The summed E-state index contributed by atoms with van der Waals surface area (Å²) in [4.78, 5) is 28.8. The summed E-state index contributed by atoms with van der Waals surface area (Å²) in [7, 11) is 0. The van der Waals surface area contributed by atoms with Crippen LogP contribution in [0.5, 0.6) is 5.75 Å². The van der Waals surface area contributed by atoms with Crippen molar-refractivity contribution < 1.29 is 14.3 Å². The molecule has 138 valence electrons. The largest absolute Gasteiger partial charge is 0.492 e. The molecule has 0 aliphatic heterocycles. The van der Waals surface area contributed by atoms with E-state index in [4.69, 9.17) is 4.74 Å². The SMILES string of the molecule is CCOc1ccccc1NC(=O)CC(=O)N[C@H](CC)c1cc(C)ccn1. The second-order valence-corrected chi connectivity index (χ2v) is 5.94. The van der Waals surface area contributed by atoms with E-state index in [-0.39, 0.29) is 24.3 Å². The number of rotatable bonds is 8. The third-order valence-electron chi connectivity index (χ3n) is 3.82. The maximum absolute atomic E-state index is 12.3. The highest BCUT2D eigenvalue weighted by Gasteiger charge is 2.17. The Kier molecular flexibility index (Phi) is 7.14. The molecule has 1 heterocycles. The number of anilines is 1. The summed E-state index contributed by atoms with van der Waals surface area (Å²) in [6, 6.07) is 10.8. The van der Waals surface area contributed by atoms with Crippen molar-refractivity contribution in [2.24, 2.45) is 0 Å². The third-order valence-corrected chi connectivity index (χ3v) is 3.82. The number of carbonyl (C=O) groups excluding carboxylic acids is 2. The molecule has 0 aliphatic carbocycles. The molecule has 0 saturated carbocycles. The van der Waals surface area contributed by atoms with E-state index in [9.17, 15) is 9.59 Å². The Hall–Kier alpha value is -2.89. The zero-order chi connectivity index (χ0) is 18.9. The minimum atomic E-state index is -0.387. The summed E-state index contributed by atoms with van der Waals surface area (Å²) in [6.45, 7) is 6.31. The van der Waals surface area contributed by atoms with E-state index in [1.165, 1.54) is 0 Å². The van der Waals surface area contributed by atoms with Crippen LogP contribution in [0, 0.1) is 6.92 Å². The maximum atomic E-state index is 12.3. The highest BCUT2D eigenvalue weighted by atomic mass is 16.5. The van der Waals surface area contributed by atoms with Crippen LogP contribution in [0.1, 0.15) is 44.0 Å². The highest BCUT2D eigenvalue weighted by Crippen LogP contribution is 2.23. The molecule has 1 aromatic carbocycles. The first-order valence-corrected chi connectivity index (χ1v) is 8.77. The molecule has 0 aliphatic rings. The van der Waals surface area contributed by atoms with Gasteiger partial charge in [-0.3, -0.25) is 14.6 Å². The average Bonchev–Trinajstić information content (AvgIpc) is 2.61. The lowest BCUT2D eigenvalue weighted by Crippen LogP contribution is -2.31. The van der Waals surface area contributed by atoms with E-state index in [1.807, 2.05) is 39.0 Å². The van der Waals surface area contributed by atoms with Gasteiger partial charge in [0.25, 0.3) is 0 Å². The minimum Gasteiger partial charge on any atom is -0.492 e. The summed E-state index contributed by atoms with van der Waals surface area (Å²) < 4.78 is 5.47. The van der Waals surface area contributed by atoms with Crippen molar-refractivity contribution in [3.63, 3.8) is 0 Å². The number of nitrogens with one attached hydrogen (secondary N) is 2. The first-order valence-electron chi connectivity index (χ1n) is 8.77. The molecule has 0 unspecified atom stereocenters. The number of hydrogen-bond donors (Lipinski definition) is 2. The van der Waals surface area contributed by atoms with Crippen LogP contribution in [0.2, 0.25) is 0 Å². The zero-order valence-electron chi connectivity index (χ0n) is 15.4. The van der Waals surface area contributed by atoms with Gasteiger partial charge in [-0.05, 0) is 50.1 Å².